The van der Waals surface area contributed by atoms with Crippen molar-refractivity contribution in [3.63, 3.8) is 0 Å². The second-order valence-corrected chi connectivity index (χ2v) is 4.66. The lowest BCUT2D eigenvalue weighted by atomic mass is 10.2. The Morgan fingerprint density at radius 2 is 1.96 bits per heavy atom. The van der Waals surface area contributed by atoms with Crippen molar-refractivity contribution in [3.8, 4) is 23.8 Å². The van der Waals surface area contributed by atoms with E-state index in [0.29, 0.717) is 23.6 Å². The highest BCUT2D eigenvalue weighted by molar-refractivity contribution is 5.89. The van der Waals surface area contributed by atoms with Crippen LogP contribution >= 0.6 is 0 Å². The fraction of sp³-hybridized carbons (Fsp3) is 0.111. The highest BCUT2D eigenvalue weighted by Crippen LogP contribution is 2.22. The Hall–Kier alpha value is -3.84. The maximum Gasteiger partial charge on any atom is 0.338 e. The van der Waals surface area contributed by atoms with Crippen molar-refractivity contribution >= 4 is 11.7 Å². The summed E-state index contributed by atoms with van der Waals surface area (Å²) in [5, 5.41) is 20.2. The predicted octanol–water partition coefficient (Wildman–Crippen LogP) is 3.39. The van der Waals surface area contributed by atoms with Gasteiger partial charge in [0.25, 0.3) is 0 Å². The van der Waals surface area contributed by atoms with Crippen molar-refractivity contribution in [3.05, 3.63) is 59.9 Å². The minimum atomic E-state index is -0.438. The summed E-state index contributed by atoms with van der Waals surface area (Å²) in [6.07, 6.45) is 2.79. The maximum absolute atomic E-state index is 11.7. The maximum atomic E-state index is 11.7. The number of nitrogens with zero attached hydrogens (tertiary/aromatic N) is 3. The zero-order chi connectivity index (χ0) is 18.1. The highest BCUT2D eigenvalue weighted by atomic mass is 16.5. The first kappa shape index (κ1) is 17.5. The number of aromatic nitrogens is 1. The Morgan fingerprint density at radius 1 is 1.24 bits per heavy atom. The number of pyridine rings is 1. The van der Waals surface area contributed by atoms with E-state index in [-0.39, 0.29) is 11.5 Å². The van der Waals surface area contributed by atoms with Gasteiger partial charge in [-0.1, -0.05) is 0 Å². The molecule has 0 aliphatic heterocycles. The van der Waals surface area contributed by atoms with E-state index in [1.807, 2.05) is 0 Å². The molecule has 7 nitrogen and oxygen atoms in total. The van der Waals surface area contributed by atoms with E-state index in [0.717, 1.165) is 0 Å². The molecule has 0 aliphatic rings. The van der Waals surface area contributed by atoms with Crippen molar-refractivity contribution in [1.82, 2.24) is 4.98 Å². The molecule has 0 amide bonds. The number of nitrogens with one attached hydrogen (secondary N) is 1. The summed E-state index contributed by atoms with van der Waals surface area (Å²) in [6, 6.07) is 13.4. The Morgan fingerprint density at radius 3 is 2.60 bits per heavy atom. The zero-order valence-corrected chi connectivity index (χ0v) is 13.4. The summed E-state index contributed by atoms with van der Waals surface area (Å²) >= 11 is 0. The van der Waals surface area contributed by atoms with E-state index in [4.69, 9.17) is 20.0 Å². The predicted molar refractivity (Wildman–Crippen MR) is 89.6 cm³/mol. The fourth-order valence-corrected chi connectivity index (χ4v) is 1.79. The topological polar surface area (TPSA) is 108 Å². The molecule has 1 heterocycles. The number of allylic oxidation sites excluding steroid dienone is 1. The van der Waals surface area contributed by atoms with Gasteiger partial charge in [-0.15, -0.1) is 0 Å². The van der Waals surface area contributed by atoms with Crippen molar-refractivity contribution in [2.75, 3.05) is 11.9 Å². The lowest BCUT2D eigenvalue weighted by Crippen LogP contribution is -2.05. The van der Waals surface area contributed by atoms with E-state index in [1.165, 1.54) is 18.5 Å². The first-order valence-corrected chi connectivity index (χ1v) is 7.34. The molecule has 0 aliphatic carbocycles. The fourth-order valence-electron chi connectivity index (χ4n) is 1.79. The first-order valence-electron chi connectivity index (χ1n) is 7.34. The van der Waals surface area contributed by atoms with Crippen LogP contribution in [0.2, 0.25) is 0 Å². The molecule has 2 rings (SSSR count). The van der Waals surface area contributed by atoms with E-state index < -0.39 is 5.97 Å². The average molecular weight is 334 g/mol. The largest absolute Gasteiger partial charge is 0.462 e. The van der Waals surface area contributed by atoms with Crippen LogP contribution in [0.4, 0.5) is 5.69 Å². The summed E-state index contributed by atoms with van der Waals surface area (Å²) in [5.41, 5.74) is 1.01. The molecule has 25 heavy (non-hydrogen) atoms. The first-order chi connectivity index (χ1) is 12.2. The van der Waals surface area contributed by atoms with Gasteiger partial charge in [0.2, 0.25) is 5.88 Å². The molecule has 2 aromatic rings. The number of rotatable bonds is 6. The van der Waals surface area contributed by atoms with Crippen molar-refractivity contribution in [2.45, 2.75) is 6.92 Å². The third-order valence-corrected chi connectivity index (χ3v) is 2.95. The van der Waals surface area contributed by atoms with Gasteiger partial charge in [-0.3, -0.25) is 0 Å². The normalized spacial score (nSPS) is 9.24. The van der Waals surface area contributed by atoms with Gasteiger partial charge < -0.3 is 14.8 Å². The van der Waals surface area contributed by atoms with Gasteiger partial charge >= 0.3 is 5.97 Å². The van der Waals surface area contributed by atoms with Gasteiger partial charge in [-0.25, -0.2) is 9.78 Å². The smallest absolute Gasteiger partial charge is 0.338 e. The number of esters is 1. The van der Waals surface area contributed by atoms with Gasteiger partial charge in [0, 0.05) is 24.2 Å². The number of benzene rings is 1. The van der Waals surface area contributed by atoms with Crippen LogP contribution in [0.3, 0.4) is 0 Å². The number of ether oxygens (including phenoxy) is 2. The number of anilines is 1. The second kappa shape index (κ2) is 8.70. The minimum absolute atomic E-state index is 0.0275. The van der Waals surface area contributed by atoms with Gasteiger partial charge in [0.05, 0.1) is 12.2 Å². The molecule has 0 atom stereocenters. The van der Waals surface area contributed by atoms with E-state index in [9.17, 15) is 4.79 Å². The number of hydrogen-bond acceptors (Lipinski definition) is 7. The van der Waals surface area contributed by atoms with Crippen LogP contribution in [0.15, 0.2) is 54.4 Å². The standard InChI is InChI=1S/C18H14N4O3/c1-2-24-18(23)14-7-8-21-17(9-14)25-16-5-3-15(4-6-16)22-12-13(10-19)11-20/h3-9,12,22H,2H2,1H3. The Bertz CT molecular complexity index is 845. The van der Waals surface area contributed by atoms with Crippen LogP contribution in [0.1, 0.15) is 17.3 Å². The quantitative estimate of drug-likeness (QED) is 0.637. The Labute approximate surface area is 144 Å². The van der Waals surface area contributed by atoms with Crippen LogP contribution in [0.5, 0.6) is 11.6 Å². The van der Waals surface area contributed by atoms with Crippen molar-refractivity contribution in [2.24, 2.45) is 0 Å². The molecule has 0 fully saturated rings. The highest BCUT2D eigenvalue weighted by Gasteiger charge is 2.08. The van der Waals surface area contributed by atoms with E-state index in [1.54, 1.807) is 49.4 Å². The minimum Gasteiger partial charge on any atom is -0.462 e. The summed E-state index contributed by atoms with van der Waals surface area (Å²) in [5.74, 6) is 0.345. The van der Waals surface area contributed by atoms with Crippen LogP contribution in [0.25, 0.3) is 0 Å². The molecule has 0 bridgehead atoms. The number of nitriles is 2. The Balaban J connectivity index is 2.06. The molecule has 0 saturated carbocycles. The van der Waals surface area contributed by atoms with Gasteiger partial charge in [0.15, 0.2) is 0 Å². The zero-order valence-electron chi connectivity index (χ0n) is 13.4. The summed E-state index contributed by atoms with van der Waals surface area (Å²) in [6.45, 7) is 2.02. The third-order valence-electron chi connectivity index (χ3n) is 2.95. The SMILES string of the molecule is CCOC(=O)c1ccnc(Oc2ccc(NC=C(C#N)C#N)cc2)c1. The average Bonchev–Trinajstić information content (AvgIpc) is 2.64. The molecule has 0 radical (unpaired) electrons. The van der Waals surface area contributed by atoms with Crippen LogP contribution < -0.4 is 10.1 Å². The van der Waals surface area contributed by atoms with Crippen LogP contribution in [-0.4, -0.2) is 17.6 Å². The Kier molecular flexibility index (Phi) is 6.10. The lowest BCUT2D eigenvalue weighted by Gasteiger charge is -2.07. The summed E-state index contributed by atoms with van der Waals surface area (Å²) in [4.78, 5) is 15.8. The second-order valence-electron chi connectivity index (χ2n) is 4.66. The van der Waals surface area contributed by atoms with E-state index >= 15 is 0 Å². The molecular formula is C18H14N4O3. The molecule has 0 unspecified atom stereocenters. The van der Waals surface area contributed by atoms with Crippen molar-refractivity contribution < 1.29 is 14.3 Å². The lowest BCUT2D eigenvalue weighted by molar-refractivity contribution is 0.0526. The van der Waals surface area contributed by atoms with Gasteiger partial charge in [0.1, 0.15) is 23.5 Å². The van der Waals surface area contributed by atoms with Crippen LogP contribution in [-0.2, 0) is 4.74 Å². The van der Waals surface area contributed by atoms with E-state index in [2.05, 4.69) is 10.3 Å². The van der Waals surface area contributed by atoms with Gasteiger partial charge in [-0.05, 0) is 37.3 Å². The molecule has 0 saturated heterocycles. The molecule has 1 aromatic heterocycles. The molecule has 7 heteroatoms. The number of hydrogen-bond donors (Lipinski definition) is 1. The number of carbonyl (C=O) groups is 1. The van der Waals surface area contributed by atoms with Gasteiger partial charge in [-0.2, -0.15) is 10.5 Å². The molecule has 0 spiro atoms. The monoisotopic (exact) mass is 334 g/mol. The number of carbonyl (C=O) groups excluding carboxylic acids is 1. The molecule has 124 valence electrons. The van der Waals surface area contributed by atoms with Crippen molar-refractivity contribution in [1.29, 1.82) is 10.5 Å². The molecular weight excluding hydrogens is 320 g/mol. The summed E-state index contributed by atoms with van der Waals surface area (Å²) < 4.78 is 10.5. The molecule has 1 aromatic carbocycles. The van der Waals surface area contributed by atoms with Crippen LogP contribution in [0, 0.1) is 22.7 Å². The summed E-state index contributed by atoms with van der Waals surface area (Å²) in [7, 11) is 0. The third kappa shape index (κ3) is 5.08. The molecule has 1 N–H and O–H groups in total.